The molecule has 1 aromatic heterocycles. The van der Waals surface area contributed by atoms with E-state index in [9.17, 15) is 4.79 Å². The lowest BCUT2D eigenvalue weighted by atomic mass is 9.90. The zero-order chi connectivity index (χ0) is 19.1. The molecule has 0 spiro atoms. The fraction of sp³-hybridized carbons (Fsp3) is 0.348. The van der Waals surface area contributed by atoms with Crippen molar-refractivity contribution < 1.29 is 14.1 Å². The Morgan fingerprint density at radius 2 is 1.75 bits per heavy atom. The smallest absolute Gasteiger partial charge is 0.339 e. The summed E-state index contributed by atoms with van der Waals surface area (Å²) in [5, 5.41) is 1.85. The van der Waals surface area contributed by atoms with Gasteiger partial charge in [-0.3, -0.25) is 4.90 Å². The van der Waals surface area contributed by atoms with Crippen LogP contribution in [0.1, 0.15) is 35.1 Å². The highest BCUT2D eigenvalue weighted by Crippen LogP contribution is 2.33. The first-order chi connectivity index (χ1) is 13.7. The molecule has 4 nitrogen and oxygen atoms in total. The fourth-order valence-electron chi connectivity index (χ4n) is 4.46. The van der Waals surface area contributed by atoms with Crippen molar-refractivity contribution in [3.63, 3.8) is 0 Å². The quantitative estimate of drug-likeness (QED) is 0.691. The Morgan fingerprint density at radius 3 is 2.57 bits per heavy atom. The van der Waals surface area contributed by atoms with E-state index in [1.165, 1.54) is 16.0 Å². The summed E-state index contributed by atoms with van der Waals surface area (Å²) in [5.74, 6) is 0.849. The Morgan fingerprint density at radius 1 is 0.964 bits per heavy atom. The van der Waals surface area contributed by atoms with Gasteiger partial charge >= 0.3 is 5.63 Å². The number of quaternary nitrogens is 1. The van der Waals surface area contributed by atoms with Crippen LogP contribution >= 0.6 is 11.6 Å². The molecule has 1 unspecified atom stereocenters. The van der Waals surface area contributed by atoms with E-state index in [-0.39, 0.29) is 5.63 Å². The van der Waals surface area contributed by atoms with Crippen LogP contribution in [-0.4, -0.2) is 13.3 Å². The minimum absolute atomic E-state index is 0.163. The van der Waals surface area contributed by atoms with Gasteiger partial charge in [0.1, 0.15) is 12.3 Å². The van der Waals surface area contributed by atoms with Crippen LogP contribution in [0.2, 0.25) is 5.02 Å². The molecule has 0 saturated heterocycles. The van der Waals surface area contributed by atoms with E-state index < -0.39 is 0 Å². The van der Waals surface area contributed by atoms with E-state index >= 15 is 0 Å². The zero-order valence-electron chi connectivity index (χ0n) is 15.7. The van der Waals surface area contributed by atoms with E-state index in [0.29, 0.717) is 6.73 Å². The number of nitrogens with one attached hydrogen (secondary N) is 1. The third-order valence-corrected chi connectivity index (χ3v) is 6.24. The summed E-state index contributed by atoms with van der Waals surface area (Å²) in [6.45, 7) is 2.38. The fourth-order valence-corrected chi connectivity index (χ4v) is 4.59. The number of rotatable bonds is 3. The third kappa shape index (κ3) is 3.21. The summed E-state index contributed by atoms with van der Waals surface area (Å²) in [6, 6.07) is 12.1. The van der Waals surface area contributed by atoms with Gasteiger partial charge in [0.2, 0.25) is 6.73 Å². The number of hydrogen-bond acceptors (Lipinski definition) is 3. The second-order valence-corrected chi connectivity index (χ2v) is 8.25. The molecule has 1 aliphatic carbocycles. The zero-order valence-corrected chi connectivity index (χ0v) is 16.5. The topological polar surface area (TPSA) is 43.9 Å². The van der Waals surface area contributed by atoms with Gasteiger partial charge < -0.3 is 9.15 Å². The van der Waals surface area contributed by atoms with Gasteiger partial charge in [-0.15, -0.1) is 0 Å². The van der Waals surface area contributed by atoms with Crippen LogP contribution in [0.4, 0.5) is 0 Å². The molecular weight excluding hydrogens is 374 g/mol. The third-order valence-electron chi connectivity index (χ3n) is 5.99. The van der Waals surface area contributed by atoms with Crippen molar-refractivity contribution in [1.29, 1.82) is 0 Å². The molecule has 5 heteroatoms. The number of ether oxygens (including phenoxy) is 1. The first kappa shape index (κ1) is 17.8. The summed E-state index contributed by atoms with van der Waals surface area (Å²) >= 11 is 5.97. The van der Waals surface area contributed by atoms with Crippen molar-refractivity contribution in [3.05, 3.63) is 74.1 Å². The summed E-state index contributed by atoms with van der Waals surface area (Å²) in [6.07, 6.45) is 4.96. The minimum Gasteiger partial charge on any atom is -0.445 e. The number of aryl methyl sites for hydroxylation is 1. The van der Waals surface area contributed by atoms with Crippen LogP contribution in [0.3, 0.4) is 0 Å². The molecule has 0 radical (unpaired) electrons. The van der Waals surface area contributed by atoms with Gasteiger partial charge in [-0.2, -0.15) is 0 Å². The Bertz CT molecular complexity index is 1090. The number of fused-ring (bicyclic) bond motifs is 5. The predicted octanol–water partition coefficient (Wildman–Crippen LogP) is 3.30. The van der Waals surface area contributed by atoms with Crippen molar-refractivity contribution >= 4 is 22.6 Å². The minimum atomic E-state index is -0.163. The summed E-state index contributed by atoms with van der Waals surface area (Å²) in [7, 11) is 0. The molecule has 1 N–H and O–H groups in total. The lowest BCUT2D eigenvalue weighted by Crippen LogP contribution is -3.12. The SMILES string of the molecule is O=c1oc2c3c(ccc2c2c1CCCC2)OC[NH+](CCc1ccc(Cl)cc1)C3. The van der Waals surface area contributed by atoms with E-state index in [0.717, 1.165) is 78.1 Å². The normalized spacial score (nSPS) is 18.4. The van der Waals surface area contributed by atoms with E-state index in [1.54, 1.807) is 0 Å². The molecule has 2 aromatic carbocycles. The molecule has 0 saturated carbocycles. The number of benzene rings is 2. The van der Waals surface area contributed by atoms with Gasteiger partial charge in [0.15, 0.2) is 5.58 Å². The van der Waals surface area contributed by atoms with Crippen LogP contribution in [0.25, 0.3) is 11.0 Å². The maximum absolute atomic E-state index is 12.6. The Kier molecular flexibility index (Phi) is 4.61. The molecule has 1 atom stereocenters. The highest BCUT2D eigenvalue weighted by molar-refractivity contribution is 6.30. The summed E-state index contributed by atoms with van der Waals surface area (Å²) in [4.78, 5) is 13.9. The van der Waals surface area contributed by atoms with Crippen molar-refractivity contribution in [2.24, 2.45) is 0 Å². The van der Waals surface area contributed by atoms with Crippen LogP contribution < -0.4 is 15.3 Å². The Labute approximate surface area is 168 Å². The Balaban J connectivity index is 1.44. The van der Waals surface area contributed by atoms with Crippen molar-refractivity contribution in [1.82, 2.24) is 0 Å². The van der Waals surface area contributed by atoms with Crippen LogP contribution in [0.15, 0.2) is 45.6 Å². The average molecular weight is 397 g/mol. The maximum Gasteiger partial charge on any atom is 0.339 e. The molecule has 28 heavy (non-hydrogen) atoms. The molecule has 2 aliphatic rings. The molecule has 1 aliphatic heterocycles. The van der Waals surface area contributed by atoms with Gasteiger partial charge in [0.25, 0.3) is 0 Å². The molecule has 0 amide bonds. The predicted molar refractivity (Wildman–Crippen MR) is 109 cm³/mol. The first-order valence-corrected chi connectivity index (χ1v) is 10.4. The maximum atomic E-state index is 12.6. The highest BCUT2D eigenvalue weighted by Gasteiger charge is 2.27. The van der Waals surface area contributed by atoms with Gasteiger partial charge in [-0.1, -0.05) is 23.7 Å². The monoisotopic (exact) mass is 396 g/mol. The molecule has 144 valence electrons. The molecule has 2 heterocycles. The highest BCUT2D eigenvalue weighted by atomic mass is 35.5. The summed E-state index contributed by atoms with van der Waals surface area (Å²) < 4.78 is 11.8. The van der Waals surface area contributed by atoms with Crippen LogP contribution in [0, 0.1) is 0 Å². The van der Waals surface area contributed by atoms with E-state index in [1.807, 2.05) is 18.2 Å². The lowest BCUT2D eigenvalue weighted by molar-refractivity contribution is -0.932. The number of hydrogen-bond donors (Lipinski definition) is 1. The van der Waals surface area contributed by atoms with Crippen LogP contribution in [0.5, 0.6) is 5.75 Å². The average Bonchev–Trinajstić information content (AvgIpc) is 2.73. The van der Waals surface area contributed by atoms with Gasteiger partial charge in [-0.25, -0.2) is 4.79 Å². The Hall–Kier alpha value is -2.30. The molecule has 3 aromatic rings. The number of halogens is 1. The largest absolute Gasteiger partial charge is 0.445 e. The lowest BCUT2D eigenvalue weighted by Gasteiger charge is -2.27. The van der Waals surface area contributed by atoms with Gasteiger partial charge in [0, 0.05) is 22.4 Å². The second-order valence-electron chi connectivity index (χ2n) is 7.81. The van der Waals surface area contributed by atoms with E-state index in [2.05, 4.69) is 18.2 Å². The molecule has 0 fully saturated rings. The molecular formula is C23H23ClNO3+. The first-order valence-electron chi connectivity index (χ1n) is 10.0. The van der Waals surface area contributed by atoms with Crippen LogP contribution in [-0.2, 0) is 25.8 Å². The molecule has 0 bridgehead atoms. The van der Waals surface area contributed by atoms with Crippen molar-refractivity contribution in [2.45, 2.75) is 38.6 Å². The van der Waals surface area contributed by atoms with Gasteiger partial charge in [0.05, 0.1) is 12.1 Å². The van der Waals surface area contributed by atoms with Crippen molar-refractivity contribution in [2.75, 3.05) is 13.3 Å². The summed E-state index contributed by atoms with van der Waals surface area (Å²) in [5.41, 5.74) is 4.92. The molecule has 5 rings (SSSR count). The standard InChI is InChI=1S/C23H22ClNO3/c24-16-7-5-15(6-8-16)11-12-25-13-20-21(27-14-25)10-9-18-17-3-1-2-4-19(17)23(26)28-22(18)20/h5-10H,1-4,11-14H2/p+1. The van der Waals surface area contributed by atoms with E-state index in [4.69, 9.17) is 20.8 Å². The second kappa shape index (κ2) is 7.26. The van der Waals surface area contributed by atoms with Crippen molar-refractivity contribution in [3.8, 4) is 5.75 Å². The van der Waals surface area contributed by atoms with Gasteiger partial charge in [-0.05, 0) is 61.1 Å².